The average Bonchev–Trinajstić information content (AvgIpc) is 2.30. The lowest BCUT2D eigenvalue weighted by molar-refractivity contribution is -0.121. The lowest BCUT2D eigenvalue weighted by atomic mass is 10.2. The molecule has 0 aromatic heterocycles. The standard InChI is InChI=1S/C13H21N3O3S/c1-9(2)16-13(17)6-7-15-20(18,19)12-8-11(14)5-4-10(12)3/h4-5,8-9,15H,6-7,14H2,1-3H3,(H,16,17). The second-order valence-electron chi connectivity index (χ2n) is 4.89. The number of anilines is 1. The molecule has 6 nitrogen and oxygen atoms in total. The first-order valence-corrected chi connectivity index (χ1v) is 7.86. The highest BCUT2D eigenvalue weighted by atomic mass is 32.2. The van der Waals surface area contributed by atoms with Crippen LogP contribution in [0, 0.1) is 6.92 Å². The van der Waals surface area contributed by atoms with Crippen LogP contribution in [0.5, 0.6) is 0 Å². The van der Waals surface area contributed by atoms with Gasteiger partial charge in [0.2, 0.25) is 15.9 Å². The van der Waals surface area contributed by atoms with Crippen molar-refractivity contribution in [3.63, 3.8) is 0 Å². The van der Waals surface area contributed by atoms with E-state index in [0.29, 0.717) is 11.3 Å². The van der Waals surface area contributed by atoms with E-state index in [4.69, 9.17) is 5.73 Å². The van der Waals surface area contributed by atoms with Gasteiger partial charge in [0.1, 0.15) is 0 Å². The molecule has 0 atom stereocenters. The molecular weight excluding hydrogens is 278 g/mol. The lowest BCUT2D eigenvalue weighted by Gasteiger charge is -2.11. The molecule has 112 valence electrons. The monoisotopic (exact) mass is 299 g/mol. The summed E-state index contributed by atoms with van der Waals surface area (Å²) < 4.78 is 26.6. The smallest absolute Gasteiger partial charge is 0.240 e. The zero-order chi connectivity index (χ0) is 15.3. The van der Waals surface area contributed by atoms with Crippen LogP contribution in [0.25, 0.3) is 0 Å². The summed E-state index contributed by atoms with van der Waals surface area (Å²) >= 11 is 0. The van der Waals surface area contributed by atoms with Gasteiger partial charge < -0.3 is 11.1 Å². The fourth-order valence-corrected chi connectivity index (χ4v) is 2.99. The molecule has 1 aromatic rings. The minimum atomic E-state index is -3.65. The molecule has 1 aromatic carbocycles. The van der Waals surface area contributed by atoms with E-state index in [1.54, 1.807) is 19.1 Å². The summed E-state index contributed by atoms with van der Waals surface area (Å²) in [7, 11) is -3.65. The van der Waals surface area contributed by atoms with Gasteiger partial charge in [-0.05, 0) is 38.5 Å². The third-order valence-electron chi connectivity index (χ3n) is 2.60. The normalized spacial score (nSPS) is 11.6. The third-order valence-corrected chi connectivity index (χ3v) is 4.20. The van der Waals surface area contributed by atoms with Crippen LogP contribution in [0.2, 0.25) is 0 Å². The first kappa shape index (κ1) is 16.5. The number of hydrogen-bond donors (Lipinski definition) is 3. The third kappa shape index (κ3) is 4.82. The van der Waals surface area contributed by atoms with Crippen LogP contribution in [0.3, 0.4) is 0 Å². The van der Waals surface area contributed by atoms with Crippen LogP contribution in [-0.4, -0.2) is 26.9 Å². The molecule has 0 saturated carbocycles. The predicted molar refractivity (Wildman–Crippen MR) is 78.7 cm³/mol. The average molecular weight is 299 g/mol. The Bertz CT molecular complexity index is 583. The number of rotatable bonds is 6. The number of nitrogens with two attached hydrogens (primary N) is 1. The predicted octanol–water partition coefficient (Wildman–Crippen LogP) is 0.770. The van der Waals surface area contributed by atoms with Crippen molar-refractivity contribution in [1.29, 1.82) is 0 Å². The van der Waals surface area contributed by atoms with Gasteiger partial charge in [-0.2, -0.15) is 0 Å². The van der Waals surface area contributed by atoms with Crippen molar-refractivity contribution in [3.8, 4) is 0 Å². The van der Waals surface area contributed by atoms with Crippen LogP contribution in [0.15, 0.2) is 23.1 Å². The number of carbonyl (C=O) groups is 1. The molecule has 0 fully saturated rings. The van der Waals surface area contributed by atoms with Gasteiger partial charge in [-0.25, -0.2) is 13.1 Å². The Kier molecular flexibility index (Phi) is 5.52. The van der Waals surface area contributed by atoms with Crippen molar-refractivity contribution in [2.24, 2.45) is 0 Å². The zero-order valence-corrected chi connectivity index (χ0v) is 12.8. The number of nitrogen functional groups attached to an aromatic ring is 1. The maximum atomic E-state index is 12.1. The molecule has 1 amide bonds. The molecular formula is C13H21N3O3S. The minimum Gasteiger partial charge on any atom is -0.399 e. The summed E-state index contributed by atoms with van der Waals surface area (Å²) in [5, 5.41) is 2.70. The Morgan fingerprint density at radius 1 is 1.35 bits per heavy atom. The van der Waals surface area contributed by atoms with Crippen LogP contribution in [0.4, 0.5) is 5.69 Å². The van der Waals surface area contributed by atoms with Gasteiger partial charge in [0.15, 0.2) is 0 Å². The molecule has 0 heterocycles. The van der Waals surface area contributed by atoms with E-state index >= 15 is 0 Å². The van der Waals surface area contributed by atoms with Crippen LogP contribution in [0.1, 0.15) is 25.8 Å². The summed E-state index contributed by atoms with van der Waals surface area (Å²) in [6.45, 7) is 5.44. The van der Waals surface area contributed by atoms with Gasteiger partial charge in [0.25, 0.3) is 0 Å². The van der Waals surface area contributed by atoms with E-state index in [9.17, 15) is 13.2 Å². The Labute approximate surface area is 119 Å². The summed E-state index contributed by atoms with van der Waals surface area (Å²) in [5.41, 5.74) is 6.59. The molecule has 0 spiro atoms. The minimum absolute atomic E-state index is 0.0373. The summed E-state index contributed by atoms with van der Waals surface area (Å²) in [6.07, 6.45) is 0.0960. The molecule has 0 aliphatic rings. The van der Waals surface area contributed by atoms with Crippen LogP contribution < -0.4 is 15.8 Å². The van der Waals surface area contributed by atoms with Crippen molar-refractivity contribution in [2.75, 3.05) is 12.3 Å². The highest BCUT2D eigenvalue weighted by Crippen LogP contribution is 2.17. The van der Waals surface area contributed by atoms with Gasteiger partial charge in [-0.3, -0.25) is 4.79 Å². The molecule has 1 rings (SSSR count). The molecule has 0 unspecified atom stereocenters. The van der Waals surface area contributed by atoms with Gasteiger partial charge in [-0.15, -0.1) is 0 Å². The van der Waals surface area contributed by atoms with Crippen molar-refractivity contribution >= 4 is 21.6 Å². The van der Waals surface area contributed by atoms with Crippen molar-refractivity contribution in [2.45, 2.75) is 38.1 Å². The number of aryl methyl sites for hydroxylation is 1. The van der Waals surface area contributed by atoms with E-state index in [1.807, 2.05) is 13.8 Å². The lowest BCUT2D eigenvalue weighted by Crippen LogP contribution is -2.34. The molecule has 0 bridgehead atoms. The van der Waals surface area contributed by atoms with E-state index in [0.717, 1.165) is 0 Å². The molecule has 20 heavy (non-hydrogen) atoms. The Hall–Kier alpha value is -1.60. The fraction of sp³-hybridized carbons (Fsp3) is 0.462. The molecule has 0 aliphatic carbocycles. The number of nitrogens with one attached hydrogen (secondary N) is 2. The molecule has 7 heteroatoms. The summed E-state index contributed by atoms with van der Waals surface area (Å²) in [6, 6.07) is 4.74. The molecule has 0 saturated heterocycles. The Morgan fingerprint density at radius 3 is 2.60 bits per heavy atom. The van der Waals surface area contributed by atoms with Gasteiger partial charge >= 0.3 is 0 Å². The van der Waals surface area contributed by atoms with Gasteiger partial charge in [0.05, 0.1) is 4.90 Å². The second kappa shape index (κ2) is 6.71. The zero-order valence-electron chi connectivity index (χ0n) is 11.9. The first-order chi connectivity index (χ1) is 9.22. The maximum Gasteiger partial charge on any atom is 0.240 e. The Balaban J connectivity index is 2.67. The highest BCUT2D eigenvalue weighted by Gasteiger charge is 2.17. The topological polar surface area (TPSA) is 101 Å². The van der Waals surface area contributed by atoms with E-state index < -0.39 is 10.0 Å². The number of sulfonamides is 1. The van der Waals surface area contributed by atoms with Crippen molar-refractivity contribution < 1.29 is 13.2 Å². The Morgan fingerprint density at radius 2 is 2.00 bits per heavy atom. The molecule has 4 N–H and O–H groups in total. The first-order valence-electron chi connectivity index (χ1n) is 6.37. The second-order valence-corrected chi connectivity index (χ2v) is 6.63. The number of benzene rings is 1. The molecule has 0 radical (unpaired) electrons. The molecule has 0 aliphatic heterocycles. The number of amides is 1. The fourth-order valence-electron chi connectivity index (χ4n) is 1.68. The van der Waals surface area contributed by atoms with E-state index in [2.05, 4.69) is 10.0 Å². The quantitative estimate of drug-likeness (QED) is 0.675. The van der Waals surface area contributed by atoms with E-state index in [-0.39, 0.29) is 29.8 Å². The largest absolute Gasteiger partial charge is 0.399 e. The maximum absolute atomic E-state index is 12.1. The number of hydrogen-bond acceptors (Lipinski definition) is 4. The summed E-state index contributed by atoms with van der Waals surface area (Å²) in [4.78, 5) is 11.6. The highest BCUT2D eigenvalue weighted by molar-refractivity contribution is 7.89. The van der Waals surface area contributed by atoms with Crippen LogP contribution in [-0.2, 0) is 14.8 Å². The van der Waals surface area contributed by atoms with Gasteiger partial charge in [0, 0.05) is 24.7 Å². The van der Waals surface area contributed by atoms with Crippen molar-refractivity contribution in [3.05, 3.63) is 23.8 Å². The SMILES string of the molecule is Cc1ccc(N)cc1S(=O)(=O)NCCC(=O)NC(C)C. The van der Waals surface area contributed by atoms with Crippen molar-refractivity contribution in [1.82, 2.24) is 10.0 Å². The summed E-state index contributed by atoms with van der Waals surface area (Å²) in [5.74, 6) is -0.188. The van der Waals surface area contributed by atoms with E-state index in [1.165, 1.54) is 6.07 Å². The van der Waals surface area contributed by atoms with Gasteiger partial charge in [-0.1, -0.05) is 6.07 Å². The number of carbonyl (C=O) groups excluding carboxylic acids is 1. The van der Waals surface area contributed by atoms with Crippen LogP contribution >= 0.6 is 0 Å².